The Kier molecular flexibility index (Phi) is 6.00. The van der Waals surface area contributed by atoms with Crippen molar-refractivity contribution in [1.82, 2.24) is 20.1 Å². The van der Waals surface area contributed by atoms with Crippen molar-refractivity contribution < 1.29 is 9.53 Å². The largest absolute Gasteiger partial charge is 0.375 e. The molecule has 1 aromatic carbocycles. The predicted octanol–water partition coefficient (Wildman–Crippen LogP) is 4.97. The molecule has 3 aromatic heterocycles. The fourth-order valence-corrected chi connectivity index (χ4v) is 5.45. The Labute approximate surface area is 197 Å². The van der Waals surface area contributed by atoms with Gasteiger partial charge in [0.15, 0.2) is 0 Å². The van der Waals surface area contributed by atoms with Gasteiger partial charge in [-0.25, -0.2) is 4.98 Å². The Morgan fingerprint density at radius 2 is 1.91 bits per heavy atom. The highest BCUT2D eigenvalue weighted by atomic mass is 32.1. The second-order valence-electron chi connectivity index (χ2n) is 8.95. The molecule has 33 heavy (non-hydrogen) atoms. The molecule has 1 fully saturated rings. The summed E-state index contributed by atoms with van der Waals surface area (Å²) >= 11 is 1.57. The highest BCUT2D eigenvalue weighted by molar-refractivity contribution is 7.16. The van der Waals surface area contributed by atoms with E-state index < -0.39 is 0 Å². The highest BCUT2D eigenvalue weighted by Crippen LogP contribution is 2.27. The van der Waals surface area contributed by atoms with Crippen LogP contribution in [0.5, 0.6) is 0 Å². The van der Waals surface area contributed by atoms with E-state index in [9.17, 15) is 4.79 Å². The van der Waals surface area contributed by atoms with Crippen molar-refractivity contribution in [3.8, 4) is 11.3 Å². The van der Waals surface area contributed by atoms with E-state index >= 15 is 0 Å². The van der Waals surface area contributed by atoms with Crippen LogP contribution < -0.4 is 5.32 Å². The number of nitrogens with zero attached hydrogens (tertiary/aromatic N) is 3. The van der Waals surface area contributed by atoms with E-state index in [0.717, 1.165) is 46.3 Å². The van der Waals surface area contributed by atoms with Gasteiger partial charge in [-0.2, -0.15) is 5.10 Å². The number of carbonyl (C=O) groups excluding carboxylic acids is 1. The summed E-state index contributed by atoms with van der Waals surface area (Å²) in [5, 5.41) is 10.8. The highest BCUT2D eigenvalue weighted by Gasteiger charge is 2.26. The number of amides is 1. The molecule has 0 saturated carbocycles. The lowest BCUT2D eigenvalue weighted by molar-refractivity contribution is -0.0408. The van der Waals surface area contributed by atoms with Crippen LogP contribution in [-0.2, 0) is 18.2 Å². The molecule has 2 unspecified atom stereocenters. The fourth-order valence-electron chi connectivity index (χ4n) is 4.64. The molecule has 1 amide bonds. The van der Waals surface area contributed by atoms with Crippen molar-refractivity contribution in [3.05, 3.63) is 70.9 Å². The monoisotopic (exact) mass is 460 g/mol. The lowest BCUT2D eigenvalue weighted by Gasteiger charge is -2.32. The SMILES string of the molecule is CC1CC(NC(=O)c2cc(Cc3ccc(-c4ccn(C)n4)cc3)c3ccsc3n2)CC(C)O1. The van der Waals surface area contributed by atoms with Crippen LogP contribution in [0.3, 0.4) is 0 Å². The van der Waals surface area contributed by atoms with Crippen molar-refractivity contribution in [2.24, 2.45) is 7.05 Å². The molecule has 1 aliphatic heterocycles. The molecule has 0 bridgehead atoms. The maximum Gasteiger partial charge on any atom is 0.270 e. The number of hydrogen-bond donors (Lipinski definition) is 1. The third-order valence-electron chi connectivity index (χ3n) is 6.15. The van der Waals surface area contributed by atoms with Crippen molar-refractivity contribution >= 4 is 27.5 Å². The average Bonchev–Trinajstić information content (AvgIpc) is 3.42. The summed E-state index contributed by atoms with van der Waals surface area (Å²) in [6.07, 6.45) is 4.64. The van der Waals surface area contributed by atoms with Gasteiger partial charge in [-0.05, 0) is 67.8 Å². The topological polar surface area (TPSA) is 69.0 Å². The number of ether oxygens (including phenoxy) is 1. The number of thiophene rings is 1. The normalized spacial score (nSPS) is 20.8. The molecule has 4 aromatic rings. The second kappa shape index (κ2) is 9.08. The molecule has 7 heteroatoms. The van der Waals surface area contributed by atoms with Crippen LogP contribution in [-0.4, -0.2) is 38.9 Å². The molecule has 4 heterocycles. The number of nitrogens with one attached hydrogen (secondary N) is 1. The standard InChI is InChI=1S/C26H28N4O2S/c1-16-12-21(13-17(2)32-16)27-25(31)24-15-20(22-9-11-33-26(22)28-24)14-18-4-6-19(7-5-18)23-8-10-30(3)29-23/h4-11,15-17,21H,12-14H2,1-3H3,(H,27,31). The van der Waals surface area contributed by atoms with Crippen molar-refractivity contribution in [2.45, 2.75) is 51.4 Å². The van der Waals surface area contributed by atoms with Gasteiger partial charge in [0.05, 0.1) is 17.9 Å². The third kappa shape index (κ3) is 4.84. The van der Waals surface area contributed by atoms with Gasteiger partial charge in [0, 0.05) is 30.2 Å². The number of hydrogen-bond acceptors (Lipinski definition) is 5. The van der Waals surface area contributed by atoms with E-state index in [1.165, 1.54) is 5.56 Å². The zero-order valence-electron chi connectivity index (χ0n) is 19.1. The van der Waals surface area contributed by atoms with Gasteiger partial charge in [-0.15, -0.1) is 11.3 Å². The zero-order chi connectivity index (χ0) is 22.9. The van der Waals surface area contributed by atoms with Crippen LogP contribution in [0.2, 0.25) is 0 Å². The maximum atomic E-state index is 13.1. The van der Waals surface area contributed by atoms with Crippen LogP contribution >= 0.6 is 11.3 Å². The minimum Gasteiger partial charge on any atom is -0.375 e. The van der Waals surface area contributed by atoms with E-state index in [4.69, 9.17) is 4.74 Å². The van der Waals surface area contributed by atoms with Gasteiger partial charge in [0.1, 0.15) is 10.5 Å². The van der Waals surface area contributed by atoms with Crippen LogP contribution in [0.4, 0.5) is 0 Å². The number of benzene rings is 1. The van der Waals surface area contributed by atoms with E-state index in [1.807, 2.05) is 35.4 Å². The minimum atomic E-state index is -0.108. The molecule has 6 nitrogen and oxygen atoms in total. The summed E-state index contributed by atoms with van der Waals surface area (Å²) in [6.45, 7) is 4.12. The first-order chi connectivity index (χ1) is 15.9. The van der Waals surface area contributed by atoms with Crippen LogP contribution in [0.1, 0.15) is 48.3 Å². The molecule has 1 aliphatic rings. The molecular formula is C26H28N4O2S. The average molecular weight is 461 g/mol. The molecule has 170 valence electrons. The third-order valence-corrected chi connectivity index (χ3v) is 6.95. The molecule has 0 spiro atoms. The Morgan fingerprint density at radius 1 is 1.15 bits per heavy atom. The number of pyridine rings is 1. The van der Waals surface area contributed by atoms with Gasteiger partial charge in [0.25, 0.3) is 5.91 Å². The lowest BCUT2D eigenvalue weighted by atomic mass is 9.99. The Balaban J connectivity index is 1.37. The summed E-state index contributed by atoms with van der Waals surface area (Å²) < 4.78 is 7.61. The molecular weight excluding hydrogens is 432 g/mol. The van der Waals surface area contributed by atoms with Crippen molar-refractivity contribution in [2.75, 3.05) is 0 Å². The lowest BCUT2D eigenvalue weighted by Crippen LogP contribution is -2.44. The molecule has 1 N–H and O–H groups in total. The molecule has 0 aliphatic carbocycles. The van der Waals surface area contributed by atoms with E-state index in [2.05, 4.69) is 59.6 Å². The fraction of sp³-hybridized carbons (Fsp3) is 0.346. The predicted molar refractivity (Wildman–Crippen MR) is 132 cm³/mol. The van der Waals surface area contributed by atoms with Crippen molar-refractivity contribution in [1.29, 1.82) is 0 Å². The van der Waals surface area contributed by atoms with Gasteiger partial charge in [0.2, 0.25) is 0 Å². The van der Waals surface area contributed by atoms with E-state index in [-0.39, 0.29) is 24.2 Å². The Hall–Kier alpha value is -3.03. The molecule has 2 atom stereocenters. The summed E-state index contributed by atoms with van der Waals surface area (Å²) in [6, 6.07) is 14.6. The summed E-state index contributed by atoms with van der Waals surface area (Å²) in [5.41, 5.74) is 4.84. The van der Waals surface area contributed by atoms with Crippen LogP contribution in [0.25, 0.3) is 21.5 Å². The zero-order valence-corrected chi connectivity index (χ0v) is 19.9. The minimum absolute atomic E-state index is 0.108. The molecule has 0 radical (unpaired) electrons. The number of rotatable bonds is 5. The first-order valence-corrected chi connectivity index (χ1v) is 12.2. The van der Waals surface area contributed by atoms with Crippen LogP contribution in [0, 0.1) is 0 Å². The van der Waals surface area contributed by atoms with E-state index in [0.29, 0.717) is 5.69 Å². The van der Waals surface area contributed by atoms with Crippen molar-refractivity contribution in [3.63, 3.8) is 0 Å². The van der Waals surface area contributed by atoms with Crippen LogP contribution in [0.15, 0.2) is 54.0 Å². The first-order valence-electron chi connectivity index (χ1n) is 11.4. The molecule has 1 saturated heterocycles. The molecule has 5 rings (SSSR count). The smallest absolute Gasteiger partial charge is 0.270 e. The van der Waals surface area contributed by atoms with Gasteiger partial charge < -0.3 is 10.1 Å². The maximum absolute atomic E-state index is 13.1. The van der Waals surface area contributed by atoms with Gasteiger partial charge >= 0.3 is 0 Å². The Morgan fingerprint density at radius 3 is 2.61 bits per heavy atom. The number of aromatic nitrogens is 3. The number of aryl methyl sites for hydroxylation is 1. The van der Waals surface area contributed by atoms with Gasteiger partial charge in [-0.3, -0.25) is 9.48 Å². The Bertz CT molecular complexity index is 1270. The van der Waals surface area contributed by atoms with Gasteiger partial charge in [-0.1, -0.05) is 24.3 Å². The van der Waals surface area contributed by atoms with E-state index in [1.54, 1.807) is 11.3 Å². The number of carbonyl (C=O) groups is 1. The summed E-state index contributed by atoms with van der Waals surface area (Å²) in [5.74, 6) is -0.108. The number of fused-ring (bicyclic) bond motifs is 1. The summed E-state index contributed by atoms with van der Waals surface area (Å²) in [7, 11) is 1.92. The second-order valence-corrected chi connectivity index (χ2v) is 9.85. The summed E-state index contributed by atoms with van der Waals surface area (Å²) in [4.78, 5) is 18.6. The quantitative estimate of drug-likeness (QED) is 0.456. The first kappa shape index (κ1) is 21.8.